The number of aromatic nitrogens is 2. The van der Waals surface area contributed by atoms with Gasteiger partial charge < -0.3 is 9.64 Å². The van der Waals surface area contributed by atoms with Crippen LogP contribution in [0, 0.1) is 13.8 Å². The van der Waals surface area contributed by atoms with E-state index in [0.29, 0.717) is 36.6 Å². The van der Waals surface area contributed by atoms with Gasteiger partial charge in [0.05, 0.1) is 40.9 Å². The minimum atomic E-state index is -4.35. The number of ether oxygens (including phenoxy) is 1. The van der Waals surface area contributed by atoms with Gasteiger partial charge in [-0.1, -0.05) is 12.1 Å². The van der Waals surface area contributed by atoms with E-state index in [0.717, 1.165) is 50.2 Å². The van der Waals surface area contributed by atoms with Crippen LogP contribution in [0.15, 0.2) is 30.6 Å². The Morgan fingerprint density at radius 1 is 1.09 bits per heavy atom. The van der Waals surface area contributed by atoms with E-state index in [1.165, 1.54) is 13.3 Å². The predicted molar refractivity (Wildman–Crippen MR) is 161 cm³/mol. The number of alkyl halides is 3. The Morgan fingerprint density at radius 2 is 1.64 bits per heavy atom. The molecule has 10 nitrogen and oxygen atoms in total. The summed E-state index contributed by atoms with van der Waals surface area (Å²) in [6.45, 7) is 13.7. The summed E-state index contributed by atoms with van der Waals surface area (Å²) in [6.07, 6.45) is -1.12. The lowest BCUT2D eigenvalue weighted by atomic mass is 9.86. The maximum atomic E-state index is 13.2. The first-order chi connectivity index (χ1) is 20.5. The smallest absolute Gasteiger partial charge is 0.383 e. The Labute approximate surface area is 258 Å². The van der Waals surface area contributed by atoms with Crippen molar-refractivity contribution in [1.82, 2.24) is 24.7 Å². The predicted octanol–water partition coefficient (Wildman–Crippen LogP) is 4.39. The van der Waals surface area contributed by atoms with E-state index in [2.05, 4.69) is 33.6 Å². The molecule has 2 fully saturated rings. The quantitative estimate of drug-likeness (QED) is 0.439. The zero-order chi connectivity index (χ0) is 32.9. The molecule has 1 aromatic heterocycles. The molecule has 2 aliphatic rings. The van der Waals surface area contributed by atoms with Gasteiger partial charge in [-0.3, -0.25) is 19.1 Å². The number of hydrogen-bond donors (Lipinski definition) is 1. The van der Waals surface area contributed by atoms with Crippen molar-refractivity contribution in [3.8, 4) is 0 Å². The first-order valence-corrected chi connectivity index (χ1v) is 16.3. The first kappa shape index (κ1) is 35.8. The molecule has 4 rings (SSSR count). The summed E-state index contributed by atoms with van der Waals surface area (Å²) in [4.78, 5) is 28.4. The molecule has 0 aliphatic carbocycles. The monoisotopic (exact) mass is 643 g/mol. The van der Waals surface area contributed by atoms with E-state index in [9.17, 15) is 26.4 Å². The van der Waals surface area contributed by atoms with Crippen LogP contribution < -0.4 is 0 Å². The standard InChI is InChI=1S/C28H38F3N5O2.C2H6O3S/c1-19-16-35(14-15-36(19)24(17-38-5)22-6-8-23(9-7-22)28(29,30)31)27(4)10-12-34(13-11-27)26(37)25-20(2)32-18-33-21(25)3;1-2-6(3,4)5/h6-9,18-19,24H,10-17H2,1-5H3;2H2,1H3,(H,3,4,5)/t19-,24-;/m0./s1. The highest BCUT2D eigenvalue weighted by Crippen LogP contribution is 2.35. The number of rotatable bonds is 7. The highest BCUT2D eigenvalue weighted by molar-refractivity contribution is 7.85. The van der Waals surface area contributed by atoms with Crippen molar-refractivity contribution in [3.63, 3.8) is 0 Å². The lowest BCUT2D eigenvalue weighted by Gasteiger charge is -2.52. The number of hydrogen-bond acceptors (Lipinski definition) is 8. The molecule has 0 radical (unpaired) electrons. The van der Waals surface area contributed by atoms with Crippen LogP contribution in [0.25, 0.3) is 0 Å². The number of halogens is 3. The van der Waals surface area contributed by atoms with Crippen molar-refractivity contribution in [2.45, 2.75) is 71.3 Å². The van der Waals surface area contributed by atoms with Crippen LogP contribution in [0.1, 0.15) is 72.5 Å². The number of piperidine rings is 1. The largest absolute Gasteiger partial charge is 0.416 e. The van der Waals surface area contributed by atoms with Gasteiger partial charge in [0.25, 0.3) is 16.0 Å². The maximum Gasteiger partial charge on any atom is 0.416 e. The molecule has 2 saturated heterocycles. The van der Waals surface area contributed by atoms with Crippen LogP contribution in [0.2, 0.25) is 0 Å². The minimum Gasteiger partial charge on any atom is -0.383 e. The molecular formula is C30H44F3N5O5S. The Balaban J connectivity index is 0.000000801. The number of benzene rings is 1. The fourth-order valence-electron chi connectivity index (χ4n) is 5.93. The van der Waals surface area contributed by atoms with Crippen LogP contribution in [-0.2, 0) is 21.0 Å². The van der Waals surface area contributed by atoms with Crippen molar-refractivity contribution in [3.05, 3.63) is 58.7 Å². The second kappa shape index (κ2) is 14.6. The summed E-state index contributed by atoms with van der Waals surface area (Å²) >= 11 is 0. The van der Waals surface area contributed by atoms with Gasteiger partial charge in [0.1, 0.15) is 6.33 Å². The number of likely N-dealkylation sites (tertiary alicyclic amines) is 1. The molecule has 1 N–H and O–H groups in total. The number of aryl methyl sites for hydroxylation is 2. The molecule has 1 aromatic carbocycles. The summed E-state index contributed by atoms with van der Waals surface area (Å²) in [6, 6.07) is 5.52. The zero-order valence-corrected chi connectivity index (χ0v) is 27.1. The number of amides is 1. The van der Waals surface area contributed by atoms with Crippen molar-refractivity contribution in [2.24, 2.45) is 0 Å². The lowest BCUT2D eigenvalue weighted by Crippen LogP contribution is -2.62. The fraction of sp³-hybridized carbons (Fsp3) is 0.633. The molecule has 2 aliphatic heterocycles. The molecule has 44 heavy (non-hydrogen) atoms. The minimum absolute atomic E-state index is 0.000198. The molecule has 0 bridgehead atoms. The zero-order valence-electron chi connectivity index (χ0n) is 26.3. The van der Waals surface area contributed by atoms with E-state index in [4.69, 9.17) is 9.29 Å². The molecule has 2 atom stereocenters. The van der Waals surface area contributed by atoms with Crippen LogP contribution in [0.4, 0.5) is 13.2 Å². The fourth-order valence-corrected chi connectivity index (χ4v) is 5.93. The molecule has 0 saturated carbocycles. The van der Waals surface area contributed by atoms with E-state index < -0.39 is 21.9 Å². The van der Waals surface area contributed by atoms with Crippen LogP contribution in [0.3, 0.4) is 0 Å². The van der Waals surface area contributed by atoms with Crippen molar-refractivity contribution >= 4 is 16.0 Å². The van der Waals surface area contributed by atoms with Gasteiger partial charge in [0.15, 0.2) is 0 Å². The van der Waals surface area contributed by atoms with Gasteiger partial charge in [-0.25, -0.2) is 9.97 Å². The van der Waals surface area contributed by atoms with Gasteiger partial charge >= 0.3 is 6.18 Å². The third-order valence-electron chi connectivity index (χ3n) is 8.72. The number of carbonyl (C=O) groups is 1. The van der Waals surface area contributed by atoms with E-state index in [1.807, 2.05) is 18.7 Å². The third kappa shape index (κ3) is 8.96. The van der Waals surface area contributed by atoms with Crippen LogP contribution in [-0.4, -0.2) is 107 Å². The Kier molecular flexibility index (Phi) is 11.9. The molecular weight excluding hydrogens is 599 g/mol. The Hall–Kier alpha value is -2.65. The van der Waals surface area contributed by atoms with E-state index in [-0.39, 0.29) is 29.3 Å². The number of nitrogens with zero attached hydrogens (tertiary/aromatic N) is 5. The molecule has 14 heteroatoms. The second-order valence-electron chi connectivity index (χ2n) is 11.7. The molecule has 3 heterocycles. The Morgan fingerprint density at radius 3 is 2.09 bits per heavy atom. The number of methoxy groups -OCH3 is 1. The Bertz CT molecular complexity index is 1350. The van der Waals surface area contributed by atoms with Gasteiger partial charge in [0.2, 0.25) is 0 Å². The van der Waals surface area contributed by atoms with Gasteiger partial charge in [-0.15, -0.1) is 0 Å². The topological polar surface area (TPSA) is 116 Å². The number of piperazine rings is 1. The third-order valence-corrected chi connectivity index (χ3v) is 9.45. The van der Waals surface area contributed by atoms with Crippen molar-refractivity contribution in [2.75, 3.05) is 52.2 Å². The van der Waals surface area contributed by atoms with Gasteiger partial charge in [-0.2, -0.15) is 21.6 Å². The maximum absolute atomic E-state index is 13.2. The van der Waals surface area contributed by atoms with Gasteiger partial charge in [0, 0.05) is 51.4 Å². The summed E-state index contributed by atoms with van der Waals surface area (Å²) < 4.78 is 71.6. The molecule has 2 aromatic rings. The van der Waals surface area contributed by atoms with Crippen LogP contribution in [0.5, 0.6) is 0 Å². The average Bonchev–Trinajstić information content (AvgIpc) is 2.96. The highest BCUT2D eigenvalue weighted by atomic mass is 32.2. The van der Waals surface area contributed by atoms with Crippen LogP contribution >= 0.6 is 0 Å². The normalized spacial score (nSPS) is 20.5. The van der Waals surface area contributed by atoms with E-state index >= 15 is 0 Å². The summed E-state index contributed by atoms with van der Waals surface area (Å²) in [5.74, 6) is -0.202. The lowest BCUT2D eigenvalue weighted by molar-refractivity contribution is -0.137. The molecule has 0 unspecified atom stereocenters. The SMILES string of the molecule is CCS(=O)(=O)O.COC[C@@H](c1ccc(C(F)(F)F)cc1)N1CCN(C2(C)CCN(C(=O)c3c(C)ncnc3C)CC2)C[C@@H]1C. The highest BCUT2D eigenvalue weighted by Gasteiger charge is 2.41. The van der Waals surface area contributed by atoms with Gasteiger partial charge in [-0.05, 0) is 65.2 Å². The van der Waals surface area contributed by atoms with Crippen molar-refractivity contribution in [1.29, 1.82) is 0 Å². The van der Waals surface area contributed by atoms with Crippen molar-refractivity contribution < 1.29 is 35.7 Å². The average molecular weight is 644 g/mol. The second-order valence-corrected chi connectivity index (χ2v) is 13.4. The summed E-state index contributed by atoms with van der Waals surface area (Å²) in [5, 5.41) is 0. The molecule has 246 valence electrons. The first-order valence-electron chi connectivity index (χ1n) is 14.7. The number of carbonyl (C=O) groups excluding carboxylic acids is 1. The molecule has 0 spiro atoms. The summed E-state index contributed by atoms with van der Waals surface area (Å²) in [5.41, 5.74) is 2.18. The van der Waals surface area contributed by atoms with E-state index in [1.54, 1.807) is 19.2 Å². The molecule has 1 amide bonds. The summed E-state index contributed by atoms with van der Waals surface area (Å²) in [7, 11) is -2.04.